The van der Waals surface area contributed by atoms with E-state index in [-0.39, 0.29) is 5.56 Å². The van der Waals surface area contributed by atoms with Crippen LogP contribution in [0.15, 0.2) is 10.9 Å². The van der Waals surface area contributed by atoms with Gasteiger partial charge < -0.3 is 5.32 Å². The van der Waals surface area contributed by atoms with E-state index in [4.69, 9.17) is 0 Å². The highest BCUT2D eigenvalue weighted by Gasteiger charge is 2.14. The van der Waals surface area contributed by atoms with Crippen molar-refractivity contribution in [3.63, 3.8) is 0 Å². The van der Waals surface area contributed by atoms with Crippen LogP contribution in [0.5, 0.6) is 0 Å². The second kappa shape index (κ2) is 5.34. The van der Waals surface area contributed by atoms with Crippen LogP contribution in [0.3, 0.4) is 0 Å². The molecule has 0 unspecified atom stereocenters. The fourth-order valence-electron chi connectivity index (χ4n) is 2.34. The van der Waals surface area contributed by atoms with E-state index >= 15 is 0 Å². The van der Waals surface area contributed by atoms with Crippen LogP contribution < -0.4 is 10.9 Å². The monoisotopic (exact) mass is 223 g/mol. The molecule has 0 atom stereocenters. The van der Waals surface area contributed by atoms with Gasteiger partial charge in [0.2, 0.25) is 0 Å². The van der Waals surface area contributed by atoms with Gasteiger partial charge in [0, 0.05) is 18.3 Å². The summed E-state index contributed by atoms with van der Waals surface area (Å²) in [6, 6.07) is 1.74. The van der Waals surface area contributed by atoms with E-state index in [2.05, 4.69) is 17.3 Å². The first-order chi connectivity index (χ1) is 7.79. The molecule has 0 bridgehead atoms. The molecular formula is C12H21N3O. The minimum absolute atomic E-state index is 0.127. The zero-order valence-electron chi connectivity index (χ0n) is 9.96. The zero-order chi connectivity index (χ0) is 11.4. The quantitative estimate of drug-likeness (QED) is 0.804. The zero-order valence-corrected chi connectivity index (χ0v) is 9.96. The topological polar surface area (TPSA) is 49.8 Å². The molecule has 0 radical (unpaired) electrons. The number of nitrogens with zero attached hydrogens (tertiary/aromatic N) is 1. The second-order valence-corrected chi connectivity index (χ2v) is 4.67. The minimum atomic E-state index is 0.127. The van der Waals surface area contributed by atoms with E-state index in [9.17, 15) is 4.79 Å². The lowest BCUT2D eigenvalue weighted by atomic mass is 9.98. The molecule has 2 N–H and O–H groups in total. The molecule has 4 nitrogen and oxygen atoms in total. The molecule has 0 saturated carbocycles. The fraction of sp³-hybridized carbons (Fsp3) is 0.750. The second-order valence-electron chi connectivity index (χ2n) is 4.67. The maximum absolute atomic E-state index is 11.7. The van der Waals surface area contributed by atoms with Crippen LogP contribution >= 0.6 is 0 Å². The first-order valence-electron chi connectivity index (χ1n) is 6.29. The number of hydrogen-bond acceptors (Lipinski definition) is 2. The Morgan fingerprint density at radius 1 is 1.44 bits per heavy atom. The Morgan fingerprint density at radius 2 is 2.19 bits per heavy atom. The molecule has 4 heteroatoms. The Hall–Kier alpha value is -1.03. The normalized spacial score (nSPS) is 17.8. The molecule has 2 heterocycles. The van der Waals surface area contributed by atoms with Crippen molar-refractivity contribution in [3.8, 4) is 0 Å². The van der Waals surface area contributed by atoms with Crippen molar-refractivity contribution < 1.29 is 0 Å². The van der Waals surface area contributed by atoms with Gasteiger partial charge in [-0.25, -0.2) is 0 Å². The minimum Gasteiger partial charge on any atom is -0.317 e. The Labute approximate surface area is 96.0 Å². The molecular weight excluding hydrogens is 202 g/mol. The van der Waals surface area contributed by atoms with Crippen molar-refractivity contribution in [1.82, 2.24) is 15.1 Å². The number of hydrogen-bond donors (Lipinski definition) is 2. The van der Waals surface area contributed by atoms with E-state index in [0.29, 0.717) is 5.92 Å². The smallest absolute Gasteiger partial charge is 0.266 e. The van der Waals surface area contributed by atoms with Gasteiger partial charge in [0.05, 0.1) is 0 Å². The van der Waals surface area contributed by atoms with Gasteiger partial charge in [0.1, 0.15) is 0 Å². The van der Waals surface area contributed by atoms with Crippen LogP contribution in [-0.2, 0) is 13.0 Å². The first-order valence-corrected chi connectivity index (χ1v) is 6.29. The summed E-state index contributed by atoms with van der Waals surface area (Å²) in [6.07, 6.45) is 4.39. The number of piperidine rings is 1. The Bertz CT molecular complexity index is 374. The molecule has 1 aliphatic heterocycles. The Kier molecular flexibility index (Phi) is 3.83. The van der Waals surface area contributed by atoms with Gasteiger partial charge in [-0.05, 0) is 38.3 Å². The summed E-state index contributed by atoms with van der Waals surface area (Å²) in [7, 11) is 0. The van der Waals surface area contributed by atoms with Crippen LogP contribution in [-0.4, -0.2) is 22.9 Å². The molecule has 0 spiro atoms. The SMILES string of the molecule is CCCc1cc(=O)n(CC2CCNCC2)[nH]1. The Balaban J connectivity index is 1.99. The van der Waals surface area contributed by atoms with Crippen molar-refractivity contribution in [3.05, 3.63) is 22.1 Å². The molecule has 0 aromatic carbocycles. The highest BCUT2D eigenvalue weighted by molar-refractivity contribution is 4.99. The van der Waals surface area contributed by atoms with E-state index in [0.717, 1.165) is 38.2 Å². The van der Waals surface area contributed by atoms with Gasteiger partial charge in [-0.3, -0.25) is 14.6 Å². The fourth-order valence-corrected chi connectivity index (χ4v) is 2.34. The summed E-state index contributed by atoms with van der Waals surface area (Å²) in [5.74, 6) is 0.645. The van der Waals surface area contributed by atoms with Crippen LogP contribution in [0.4, 0.5) is 0 Å². The Morgan fingerprint density at radius 3 is 2.88 bits per heavy atom. The van der Waals surface area contributed by atoms with Crippen LogP contribution in [0.1, 0.15) is 31.9 Å². The molecule has 1 aromatic rings. The third kappa shape index (κ3) is 2.76. The van der Waals surface area contributed by atoms with Gasteiger partial charge in [-0.2, -0.15) is 0 Å². The van der Waals surface area contributed by atoms with Gasteiger partial charge in [-0.15, -0.1) is 0 Å². The van der Waals surface area contributed by atoms with Crippen LogP contribution in [0.2, 0.25) is 0 Å². The van der Waals surface area contributed by atoms with E-state index in [1.54, 1.807) is 10.7 Å². The summed E-state index contributed by atoms with van der Waals surface area (Å²) in [5.41, 5.74) is 1.20. The molecule has 0 amide bonds. The summed E-state index contributed by atoms with van der Waals surface area (Å²) in [4.78, 5) is 11.7. The van der Waals surface area contributed by atoms with Crippen molar-refractivity contribution in [1.29, 1.82) is 0 Å². The van der Waals surface area contributed by atoms with Crippen molar-refractivity contribution >= 4 is 0 Å². The summed E-state index contributed by atoms with van der Waals surface area (Å²) in [6.45, 7) is 5.15. The molecule has 90 valence electrons. The van der Waals surface area contributed by atoms with E-state index < -0.39 is 0 Å². The molecule has 0 aliphatic carbocycles. The van der Waals surface area contributed by atoms with Crippen molar-refractivity contribution in [2.75, 3.05) is 13.1 Å². The number of rotatable bonds is 4. The maximum atomic E-state index is 11.7. The highest BCUT2D eigenvalue weighted by atomic mass is 16.1. The van der Waals surface area contributed by atoms with E-state index in [1.807, 2.05) is 0 Å². The van der Waals surface area contributed by atoms with Gasteiger partial charge in [-0.1, -0.05) is 13.3 Å². The first kappa shape index (κ1) is 11.5. The summed E-state index contributed by atoms with van der Waals surface area (Å²) >= 11 is 0. The standard InChI is InChI=1S/C12H21N3O/c1-2-3-11-8-12(16)15(14-11)9-10-4-6-13-7-5-10/h8,10,13-14H,2-7,9H2,1H3. The van der Waals surface area contributed by atoms with E-state index in [1.165, 1.54) is 12.8 Å². The van der Waals surface area contributed by atoms with Crippen molar-refractivity contribution in [2.45, 2.75) is 39.2 Å². The van der Waals surface area contributed by atoms with Crippen molar-refractivity contribution in [2.24, 2.45) is 5.92 Å². The largest absolute Gasteiger partial charge is 0.317 e. The average molecular weight is 223 g/mol. The number of nitrogens with one attached hydrogen (secondary N) is 2. The summed E-state index contributed by atoms with van der Waals surface area (Å²) in [5, 5.41) is 6.56. The van der Waals surface area contributed by atoms with Gasteiger partial charge >= 0.3 is 0 Å². The lowest BCUT2D eigenvalue weighted by Crippen LogP contribution is -2.32. The molecule has 2 rings (SSSR count). The molecule has 1 saturated heterocycles. The predicted octanol–water partition coefficient (Wildman–Crippen LogP) is 1.13. The molecule has 1 fully saturated rings. The average Bonchev–Trinajstić information content (AvgIpc) is 2.61. The number of aromatic nitrogens is 2. The number of H-pyrrole nitrogens is 1. The molecule has 1 aliphatic rings. The molecule has 1 aromatic heterocycles. The highest BCUT2D eigenvalue weighted by Crippen LogP contribution is 2.12. The lowest BCUT2D eigenvalue weighted by molar-refractivity contribution is 0.317. The third-order valence-corrected chi connectivity index (χ3v) is 3.26. The van der Waals surface area contributed by atoms with Gasteiger partial charge in [0.25, 0.3) is 5.56 Å². The molecule has 16 heavy (non-hydrogen) atoms. The number of aromatic amines is 1. The number of aryl methyl sites for hydroxylation is 1. The van der Waals surface area contributed by atoms with Crippen LogP contribution in [0, 0.1) is 5.92 Å². The van der Waals surface area contributed by atoms with Crippen LogP contribution in [0.25, 0.3) is 0 Å². The summed E-state index contributed by atoms with van der Waals surface area (Å²) < 4.78 is 1.78. The van der Waals surface area contributed by atoms with Gasteiger partial charge in [0.15, 0.2) is 0 Å². The third-order valence-electron chi connectivity index (χ3n) is 3.26. The predicted molar refractivity (Wildman–Crippen MR) is 64.6 cm³/mol. The lowest BCUT2D eigenvalue weighted by Gasteiger charge is -2.22. The maximum Gasteiger partial charge on any atom is 0.266 e.